The first-order valence-corrected chi connectivity index (χ1v) is 13.2. The van der Waals surface area contributed by atoms with Crippen molar-refractivity contribution in [3.63, 3.8) is 0 Å². The standard InChI is InChI=1S/C23H30IN5O3S/c24-23(33-15-20(25)17-4-8-26-9-5-17)29-21(30)13-16-2-1-3-19(12-16)32-14-22(31)28-18-6-10-27-11-7-18/h1-5,8-9,12,18,20,23,27H,6-7,10-11,13-15,25H2,(H,28,31)(H,29,30). The number of halogens is 1. The van der Waals surface area contributed by atoms with Gasteiger partial charge in [0.2, 0.25) is 5.91 Å². The zero-order chi connectivity index (χ0) is 23.5. The molecule has 1 aliphatic heterocycles. The number of carbonyl (C=O) groups is 2. The van der Waals surface area contributed by atoms with Crippen molar-refractivity contribution < 1.29 is 14.3 Å². The molecule has 2 unspecified atom stereocenters. The molecular formula is C23H30IN5O3S. The highest BCUT2D eigenvalue weighted by atomic mass is 127. The lowest BCUT2D eigenvalue weighted by molar-refractivity contribution is -0.124. The summed E-state index contributed by atoms with van der Waals surface area (Å²) in [5.41, 5.74) is 8.05. The average molecular weight is 583 g/mol. The van der Waals surface area contributed by atoms with Gasteiger partial charge in [-0.15, -0.1) is 11.8 Å². The number of nitrogens with two attached hydrogens (primary N) is 1. The van der Waals surface area contributed by atoms with E-state index in [1.807, 2.05) is 24.3 Å². The Hall–Kier alpha value is -1.89. The molecule has 0 spiro atoms. The number of aromatic nitrogens is 1. The van der Waals surface area contributed by atoms with Crippen LogP contribution in [-0.2, 0) is 16.0 Å². The first-order chi connectivity index (χ1) is 16.0. The van der Waals surface area contributed by atoms with Gasteiger partial charge in [-0.3, -0.25) is 14.6 Å². The van der Waals surface area contributed by atoms with Gasteiger partial charge in [0.25, 0.3) is 5.91 Å². The second-order valence-corrected chi connectivity index (χ2v) is 11.0. The average Bonchev–Trinajstić information content (AvgIpc) is 2.82. The minimum Gasteiger partial charge on any atom is -0.484 e. The third-order valence-corrected chi connectivity index (χ3v) is 7.52. The minimum absolute atomic E-state index is 0.0379. The Morgan fingerprint density at radius 2 is 1.97 bits per heavy atom. The third kappa shape index (κ3) is 9.48. The van der Waals surface area contributed by atoms with E-state index in [0.717, 1.165) is 37.1 Å². The van der Waals surface area contributed by atoms with Crippen LogP contribution < -0.4 is 26.4 Å². The highest BCUT2D eigenvalue weighted by Crippen LogP contribution is 2.22. The van der Waals surface area contributed by atoms with Crippen molar-refractivity contribution in [3.8, 4) is 5.75 Å². The first-order valence-electron chi connectivity index (χ1n) is 10.9. The molecule has 8 nitrogen and oxygen atoms in total. The summed E-state index contributed by atoms with van der Waals surface area (Å²) in [7, 11) is 0. The van der Waals surface area contributed by atoms with Crippen LogP contribution in [0.3, 0.4) is 0 Å². The summed E-state index contributed by atoms with van der Waals surface area (Å²) in [5, 5.41) is 9.26. The zero-order valence-corrected chi connectivity index (χ0v) is 21.3. The van der Waals surface area contributed by atoms with Crippen LogP contribution in [0.15, 0.2) is 48.8 Å². The van der Waals surface area contributed by atoms with Gasteiger partial charge in [0.05, 0.1) is 6.42 Å². The molecule has 0 aliphatic carbocycles. The molecule has 1 aromatic carbocycles. The maximum absolute atomic E-state index is 12.5. The van der Waals surface area contributed by atoms with Gasteiger partial charge >= 0.3 is 0 Å². The number of benzene rings is 1. The Labute approximate surface area is 212 Å². The van der Waals surface area contributed by atoms with Gasteiger partial charge in [0, 0.05) is 30.2 Å². The molecule has 10 heteroatoms. The number of thioether (sulfide) groups is 1. The van der Waals surface area contributed by atoms with Crippen molar-refractivity contribution in [2.24, 2.45) is 5.73 Å². The summed E-state index contributed by atoms with van der Waals surface area (Å²) >= 11 is 3.78. The number of piperidine rings is 1. The highest BCUT2D eigenvalue weighted by Gasteiger charge is 2.16. The molecule has 33 heavy (non-hydrogen) atoms. The molecule has 5 N–H and O–H groups in total. The number of pyridine rings is 1. The van der Waals surface area contributed by atoms with Gasteiger partial charge in [0.15, 0.2) is 6.61 Å². The van der Waals surface area contributed by atoms with Crippen LogP contribution in [-0.4, -0.2) is 51.7 Å². The van der Waals surface area contributed by atoms with Crippen LogP contribution in [0.5, 0.6) is 5.75 Å². The summed E-state index contributed by atoms with van der Waals surface area (Å²) in [6.45, 7) is 1.80. The number of nitrogens with zero attached hydrogens (tertiary/aromatic N) is 1. The van der Waals surface area contributed by atoms with E-state index in [2.05, 4.69) is 43.5 Å². The number of hydrogen-bond donors (Lipinski definition) is 4. The Morgan fingerprint density at radius 1 is 1.21 bits per heavy atom. The molecule has 1 saturated heterocycles. The molecular weight excluding hydrogens is 553 g/mol. The molecule has 2 amide bonds. The fourth-order valence-electron chi connectivity index (χ4n) is 3.43. The van der Waals surface area contributed by atoms with Crippen molar-refractivity contribution >= 4 is 46.2 Å². The number of ether oxygens (including phenoxy) is 1. The fourth-order valence-corrected chi connectivity index (χ4v) is 5.18. The predicted molar refractivity (Wildman–Crippen MR) is 139 cm³/mol. The lowest BCUT2D eigenvalue weighted by Crippen LogP contribution is -2.44. The van der Waals surface area contributed by atoms with Crippen LogP contribution >= 0.6 is 34.4 Å². The number of hydrogen-bond acceptors (Lipinski definition) is 7. The van der Waals surface area contributed by atoms with Crippen LogP contribution in [0.25, 0.3) is 0 Å². The number of nitrogens with one attached hydrogen (secondary N) is 3. The minimum atomic E-state index is -0.125. The van der Waals surface area contributed by atoms with Gasteiger partial charge < -0.3 is 26.4 Å². The normalized spacial score (nSPS) is 15.9. The van der Waals surface area contributed by atoms with Crippen molar-refractivity contribution in [3.05, 3.63) is 59.9 Å². The van der Waals surface area contributed by atoms with Crippen molar-refractivity contribution in [1.29, 1.82) is 0 Å². The molecule has 2 aromatic rings. The van der Waals surface area contributed by atoms with E-state index >= 15 is 0 Å². The molecule has 3 rings (SSSR count). The van der Waals surface area contributed by atoms with E-state index in [9.17, 15) is 9.59 Å². The van der Waals surface area contributed by atoms with Crippen LogP contribution in [0.4, 0.5) is 0 Å². The topological polar surface area (TPSA) is 118 Å². The van der Waals surface area contributed by atoms with E-state index in [0.29, 0.717) is 11.5 Å². The molecule has 0 saturated carbocycles. The van der Waals surface area contributed by atoms with Gasteiger partial charge in [-0.25, -0.2) is 0 Å². The molecule has 2 atom stereocenters. The smallest absolute Gasteiger partial charge is 0.258 e. The lowest BCUT2D eigenvalue weighted by atomic mass is 10.1. The fraction of sp³-hybridized carbons (Fsp3) is 0.435. The highest BCUT2D eigenvalue weighted by molar-refractivity contribution is 14.1. The lowest BCUT2D eigenvalue weighted by Gasteiger charge is -2.23. The van der Waals surface area contributed by atoms with Gasteiger partial charge in [-0.05, 0) is 83.9 Å². The number of amides is 2. The Morgan fingerprint density at radius 3 is 2.73 bits per heavy atom. The molecule has 1 aliphatic rings. The Kier molecular flexibility index (Phi) is 10.7. The molecule has 178 valence electrons. The molecule has 1 fully saturated rings. The van der Waals surface area contributed by atoms with Crippen LogP contribution in [0, 0.1) is 0 Å². The SMILES string of the molecule is NC(CSC(I)NC(=O)Cc1cccc(OCC(=O)NC2CCNCC2)c1)c1ccncc1. The number of alkyl halides is 1. The summed E-state index contributed by atoms with van der Waals surface area (Å²) in [6.07, 6.45) is 5.54. The second-order valence-electron chi connectivity index (χ2n) is 7.81. The molecule has 1 aromatic heterocycles. The maximum atomic E-state index is 12.5. The van der Waals surface area contributed by atoms with Gasteiger partial charge in [-0.2, -0.15) is 0 Å². The van der Waals surface area contributed by atoms with E-state index in [4.69, 9.17) is 10.5 Å². The number of carbonyl (C=O) groups excluding carboxylic acids is 2. The maximum Gasteiger partial charge on any atom is 0.258 e. The van der Waals surface area contributed by atoms with E-state index in [1.165, 1.54) is 0 Å². The van der Waals surface area contributed by atoms with Gasteiger partial charge in [0.1, 0.15) is 9.13 Å². The van der Waals surface area contributed by atoms with E-state index in [1.54, 1.807) is 36.3 Å². The van der Waals surface area contributed by atoms with Crippen LogP contribution in [0.2, 0.25) is 0 Å². The molecule has 0 bridgehead atoms. The molecule has 2 heterocycles. The first kappa shape index (κ1) is 25.7. The van der Waals surface area contributed by atoms with Crippen molar-refractivity contribution in [2.45, 2.75) is 34.7 Å². The quantitative estimate of drug-likeness (QED) is 0.139. The zero-order valence-electron chi connectivity index (χ0n) is 18.3. The second kappa shape index (κ2) is 13.7. The summed E-state index contributed by atoms with van der Waals surface area (Å²) in [6, 6.07) is 11.2. The largest absolute Gasteiger partial charge is 0.484 e. The Balaban J connectivity index is 1.38. The summed E-state index contributed by atoms with van der Waals surface area (Å²) in [4.78, 5) is 28.6. The van der Waals surface area contributed by atoms with Crippen LogP contribution in [0.1, 0.15) is 30.0 Å². The summed E-state index contributed by atoms with van der Waals surface area (Å²) < 4.78 is 5.54. The summed E-state index contributed by atoms with van der Waals surface area (Å²) in [5.74, 6) is 1.05. The van der Waals surface area contributed by atoms with E-state index < -0.39 is 0 Å². The third-order valence-electron chi connectivity index (χ3n) is 5.17. The van der Waals surface area contributed by atoms with E-state index in [-0.39, 0.29) is 40.3 Å². The van der Waals surface area contributed by atoms with Gasteiger partial charge in [-0.1, -0.05) is 12.1 Å². The molecule has 0 radical (unpaired) electrons. The monoisotopic (exact) mass is 583 g/mol. The van der Waals surface area contributed by atoms with Crippen molar-refractivity contribution in [1.82, 2.24) is 20.9 Å². The predicted octanol–water partition coefficient (Wildman–Crippen LogP) is 2.14. The number of rotatable bonds is 11. The van der Waals surface area contributed by atoms with Crippen molar-refractivity contribution in [2.75, 3.05) is 25.4 Å². The Bertz CT molecular complexity index is 899.